The smallest absolute Gasteiger partial charge is 0.334 e. The normalized spacial score (nSPS) is 21.3. The molecule has 0 spiro atoms. The van der Waals surface area contributed by atoms with Gasteiger partial charge in [0.1, 0.15) is 5.56 Å². The Morgan fingerprint density at radius 2 is 2.04 bits per heavy atom. The molecule has 1 unspecified atom stereocenters. The molecule has 1 saturated heterocycles. The summed E-state index contributed by atoms with van der Waals surface area (Å²) in [5.41, 5.74) is 0.798. The molecular formula is C15H21N3O5. The second kappa shape index (κ2) is 6.91. The van der Waals surface area contributed by atoms with Gasteiger partial charge in [0, 0.05) is 6.54 Å². The molecule has 0 aromatic carbocycles. The molecule has 23 heavy (non-hydrogen) atoms. The number of aryl methyl sites for hydroxylation is 1. The van der Waals surface area contributed by atoms with Gasteiger partial charge in [-0.25, -0.2) is 9.89 Å². The van der Waals surface area contributed by atoms with Gasteiger partial charge < -0.3 is 14.7 Å². The monoisotopic (exact) mass is 323 g/mol. The molecule has 0 radical (unpaired) electrons. The molecule has 8 nitrogen and oxygen atoms in total. The maximum Gasteiger partial charge on any atom is 0.334 e. The summed E-state index contributed by atoms with van der Waals surface area (Å²) in [7, 11) is 0. The first-order chi connectivity index (χ1) is 10.9. The van der Waals surface area contributed by atoms with Gasteiger partial charge in [-0.15, -0.1) is 0 Å². The van der Waals surface area contributed by atoms with E-state index in [4.69, 9.17) is 9.84 Å². The van der Waals surface area contributed by atoms with E-state index in [0.717, 1.165) is 0 Å². The molecule has 0 saturated carbocycles. The Kier molecular flexibility index (Phi) is 5.15. The van der Waals surface area contributed by atoms with Gasteiger partial charge in [0.15, 0.2) is 6.10 Å². The van der Waals surface area contributed by atoms with Crippen molar-refractivity contribution in [2.45, 2.75) is 45.8 Å². The predicted octanol–water partition coefficient (Wildman–Crippen LogP) is 0.209. The van der Waals surface area contributed by atoms with Crippen LogP contribution in [-0.4, -0.2) is 57.4 Å². The fourth-order valence-corrected chi connectivity index (χ4v) is 2.83. The summed E-state index contributed by atoms with van der Waals surface area (Å²) in [6.45, 7) is 5.62. The minimum absolute atomic E-state index is 0.0533. The highest BCUT2D eigenvalue weighted by Crippen LogP contribution is 2.17. The molecule has 1 aliphatic heterocycles. The lowest BCUT2D eigenvalue weighted by atomic mass is 10.0. The highest BCUT2D eigenvalue weighted by Gasteiger charge is 2.34. The van der Waals surface area contributed by atoms with E-state index < -0.39 is 29.6 Å². The Bertz CT molecular complexity index is 670. The summed E-state index contributed by atoms with van der Waals surface area (Å²) in [5.74, 6) is -1.59. The number of ether oxygens (including phenoxy) is 1. The lowest BCUT2D eigenvalue weighted by Crippen LogP contribution is -2.52. The van der Waals surface area contributed by atoms with Crippen LogP contribution in [0.25, 0.3) is 0 Å². The van der Waals surface area contributed by atoms with Gasteiger partial charge in [0.25, 0.3) is 11.5 Å². The Balaban J connectivity index is 2.40. The molecule has 2 atom stereocenters. The van der Waals surface area contributed by atoms with E-state index in [0.29, 0.717) is 24.1 Å². The second-order valence-electron chi connectivity index (χ2n) is 5.54. The third-order valence-electron chi connectivity index (χ3n) is 3.89. The highest BCUT2D eigenvalue weighted by atomic mass is 16.5. The number of morpholine rings is 1. The number of nitrogens with zero attached hydrogens (tertiary/aromatic N) is 2. The number of amides is 1. The molecule has 1 aliphatic rings. The number of hydrogen-bond donors (Lipinski definition) is 2. The summed E-state index contributed by atoms with van der Waals surface area (Å²) in [6.07, 6.45) is -0.397. The molecule has 0 aliphatic carbocycles. The van der Waals surface area contributed by atoms with Crippen molar-refractivity contribution in [2.24, 2.45) is 0 Å². The predicted molar refractivity (Wildman–Crippen MR) is 81.5 cm³/mol. The zero-order valence-corrected chi connectivity index (χ0v) is 13.5. The van der Waals surface area contributed by atoms with E-state index >= 15 is 0 Å². The van der Waals surface area contributed by atoms with Gasteiger partial charge in [-0.05, 0) is 25.3 Å². The number of nitrogens with one attached hydrogen (secondary N) is 1. The highest BCUT2D eigenvalue weighted by molar-refractivity contribution is 5.96. The Labute approximate surface area is 133 Å². The van der Waals surface area contributed by atoms with Crippen LogP contribution in [0.5, 0.6) is 0 Å². The van der Waals surface area contributed by atoms with Crippen molar-refractivity contribution in [3.8, 4) is 0 Å². The summed E-state index contributed by atoms with van der Waals surface area (Å²) in [6, 6.07) is 0. The van der Waals surface area contributed by atoms with Crippen molar-refractivity contribution in [3.05, 3.63) is 27.2 Å². The van der Waals surface area contributed by atoms with Gasteiger partial charge in [-0.1, -0.05) is 13.8 Å². The summed E-state index contributed by atoms with van der Waals surface area (Å²) in [5, 5.41) is 15.5. The zero-order valence-electron chi connectivity index (χ0n) is 13.5. The summed E-state index contributed by atoms with van der Waals surface area (Å²) in [4.78, 5) is 37.5. The number of carboxylic acid groups (broad SMARTS) is 1. The number of aliphatic carboxylic acids is 1. The molecule has 2 N–H and O–H groups in total. The fourth-order valence-electron chi connectivity index (χ4n) is 2.83. The second-order valence-corrected chi connectivity index (χ2v) is 5.54. The topological polar surface area (TPSA) is 113 Å². The number of carbonyl (C=O) groups is 2. The van der Waals surface area contributed by atoms with Crippen molar-refractivity contribution < 1.29 is 19.4 Å². The quantitative estimate of drug-likeness (QED) is 0.819. The van der Waals surface area contributed by atoms with Crippen LogP contribution in [0.1, 0.15) is 42.4 Å². The zero-order chi connectivity index (χ0) is 17.1. The number of H-pyrrole nitrogens is 1. The van der Waals surface area contributed by atoms with E-state index in [9.17, 15) is 14.4 Å². The fraction of sp³-hybridized carbons (Fsp3) is 0.600. The minimum Gasteiger partial charge on any atom is -0.479 e. The molecular weight excluding hydrogens is 302 g/mol. The number of carbonyl (C=O) groups excluding carboxylic acids is 1. The van der Waals surface area contributed by atoms with Gasteiger partial charge in [-0.2, -0.15) is 5.10 Å². The molecule has 2 heterocycles. The van der Waals surface area contributed by atoms with Crippen molar-refractivity contribution in [3.63, 3.8) is 0 Å². The summed E-state index contributed by atoms with van der Waals surface area (Å²) < 4.78 is 5.30. The number of rotatable bonds is 4. The summed E-state index contributed by atoms with van der Waals surface area (Å²) >= 11 is 0. The van der Waals surface area contributed by atoms with Crippen LogP contribution >= 0.6 is 0 Å². The molecule has 1 fully saturated rings. The van der Waals surface area contributed by atoms with Crippen LogP contribution < -0.4 is 5.56 Å². The third kappa shape index (κ3) is 3.42. The molecule has 1 aromatic heterocycles. The van der Waals surface area contributed by atoms with Gasteiger partial charge in [0.2, 0.25) is 0 Å². The largest absolute Gasteiger partial charge is 0.479 e. The lowest BCUT2D eigenvalue weighted by Gasteiger charge is -2.35. The van der Waals surface area contributed by atoms with E-state index in [1.54, 1.807) is 6.92 Å². The number of carboxylic acids is 1. The van der Waals surface area contributed by atoms with Crippen molar-refractivity contribution >= 4 is 11.9 Å². The number of aromatic nitrogens is 2. The van der Waals surface area contributed by atoms with Crippen LogP contribution in [0.4, 0.5) is 0 Å². The Morgan fingerprint density at radius 1 is 1.35 bits per heavy atom. The first-order valence-corrected chi connectivity index (χ1v) is 7.66. The molecule has 126 valence electrons. The first-order valence-electron chi connectivity index (χ1n) is 7.66. The maximum atomic E-state index is 12.8. The van der Waals surface area contributed by atoms with Crippen LogP contribution in [0.2, 0.25) is 0 Å². The van der Waals surface area contributed by atoms with Crippen molar-refractivity contribution in [2.75, 3.05) is 13.1 Å². The molecule has 1 aromatic rings. The first kappa shape index (κ1) is 17.1. The lowest BCUT2D eigenvalue weighted by molar-refractivity contribution is -0.160. The van der Waals surface area contributed by atoms with Crippen molar-refractivity contribution in [1.82, 2.24) is 15.1 Å². The van der Waals surface area contributed by atoms with E-state index in [1.165, 1.54) is 4.90 Å². The van der Waals surface area contributed by atoms with Gasteiger partial charge in [0.05, 0.1) is 18.3 Å². The van der Waals surface area contributed by atoms with Crippen LogP contribution in [-0.2, 0) is 22.4 Å². The average Bonchev–Trinajstić information content (AvgIpc) is 2.53. The standard InChI is InChI=1S/C15H21N3O5/c1-4-9-10(5-2)16-17-13(19)12(9)14(20)18-6-8(3)23-11(7-18)15(21)22/h8,11H,4-7H2,1-3H3,(H,17,19)(H,21,22)/t8-,11?/m1/s1. The SMILES string of the molecule is CCc1n[nH]c(=O)c(C(=O)N2CC(C(=O)O)O[C@H](C)C2)c1CC. The van der Waals surface area contributed by atoms with Crippen LogP contribution in [0.3, 0.4) is 0 Å². The van der Waals surface area contributed by atoms with E-state index in [1.807, 2.05) is 13.8 Å². The molecule has 0 bridgehead atoms. The molecule has 8 heteroatoms. The minimum atomic E-state index is -1.12. The van der Waals surface area contributed by atoms with Crippen LogP contribution in [0, 0.1) is 0 Å². The number of aromatic amines is 1. The van der Waals surface area contributed by atoms with Crippen LogP contribution in [0.15, 0.2) is 4.79 Å². The Morgan fingerprint density at radius 3 is 2.61 bits per heavy atom. The van der Waals surface area contributed by atoms with E-state index in [-0.39, 0.29) is 18.7 Å². The molecule has 1 amide bonds. The molecule has 2 rings (SSSR count). The average molecular weight is 323 g/mol. The maximum absolute atomic E-state index is 12.8. The Hall–Kier alpha value is -2.22. The van der Waals surface area contributed by atoms with E-state index in [2.05, 4.69) is 10.2 Å². The van der Waals surface area contributed by atoms with Gasteiger partial charge in [-0.3, -0.25) is 9.59 Å². The van der Waals surface area contributed by atoms with Gasteiger partial charge >= 0.3 is 5.97 Å². The number of hydrogen-bond acceptors (Lipinski definition) is 5. The third-order valence-corrected chi connectivity index (χ3v) is 3.89. The van der Waals surface area contributed by atoms with Crippen molar-refractivity contribution in [1.29, 1.82) is 0 Å².